The van der Waals surface area contributed by atoms with Crippen LogP contribution >= 0.6 is 0 Å². The van der Waals surface area contributed by atoms with Gasteiger partial charge in [-0.2, -0.15) is 9.57 Å². The summed E-state index contributed by atoms with van der Waals surface area (Å²) >= 11 is 0. The topological polar surface area (TPSA) is 61.2 Å². The van der Waals surface area contributed by atoms with E-state index in [0.717, 1.165) is 16.4 Å². The van der Waals surface area contributed by atoms with E-state index < -0.39 is 15.8 Å². The van der Waals surface area contributed by atoms with E-state index in [1.54, 1.807) is 0 Å². The van der Waals surface area contributed by atoms with Gasteiger partial charge in [-0.25, -0.2) is 12.8 Å². The lowest BCUT2D eigenvalue weighted by atomic mass is 10.4. The maximum Gasteiger partial charge on any atom is 0.244 e. The minimum absolute atomic E-state index is 0.00241. The smallest absolute Gasteiger partial charge is 0.207 e. The second kappa shape index (κ2) is 5.75. The molecule has 0 saturated carbocycles. The normalized spacial score (nSPS) is 11.4. The number of nitrogens with zero attached hydrogens (tertiary/aromatic N) is 2. The van der Waals surface area contributed by atoms with Crippen LogP contribution in [0.2, 0.25) is 0 Å². The van der Waals surface area contributed by atoms with Crippen molar-refractivity contribution in [2.24, 2.45) is 0 Å². The zero-order valence-corrected chi connectivity index (χ0v) is 10.2. The Balaban J connectivity index is 3.08. The first-order valence-electron chi connectivity index (χ1n) is 5.15. The Kier molecular flexibility index (Phi) is 4.61. The van der Waals surface area contributed by atoms with E-state index >= 15 is 0 Å². The van der Waals surface area contributed by atoms with Crippen LogP contribution in [0, 0.1) is 17.1 Å². The summed E-state index contributed by atoms with van der Waals surface area (Å²) in [6.07, 6.45) is 0.613. The molecule has 0 spiro atoms. The van der Waals surface area contributed by atoms with Crippen LogP contribution in [0.4, 0.5) is 4.39 Å². The lowest BCUT2D eigenvalue weighted by molar-refractivity contribution is 0.444. The Bertz CT molecular complexity index is 505. The van der Waals surface area contributed by atoms with Crippen LogP contribution in [0.3, 0.4) is 0 Å². The highest BCUT2D eigenvalue weighted by molar-refractivity contribution is 7.89. The molecule has 0 heterocycles. The van der Waals surface area contributed by atoms with Gasteiger partial charge >= 0.3 is 0 Å². The lowest BCUT2D eigenvalue weighted by Crippen LogP contribution is -2.32. The highest BCUT2D eigenvalue weighted by Gasteiger charge is 2.23. The Hall–Kier alpha value is -1.45. The van der Waals surface area contributed by atoms with Crippen molar-refractivity contribution in [1.82, 2.24) is 4.31 Å². The molecule has 0 N–H and O–H groups in total. The first kappa shape index (κ1) is 13.6. The van der Waals surface area contributed by atoms with Gasteiger partial charge in [0.2, 0.25) is 10.0 Å². The first-order valence-corrected chi connectivity index (χ1v) is 6.59. The summed E-state index contributed by atoms with van der Waals surface area (Å²) in [6.45, 7) is 1.89. The number of hydrogen-bond acceptors (Lipinski definition) is 3. The van der Waals surface area contributed by atoms with Crippen molar-refractivity contribution in [2.75, 3.05) is 13.1 Å². The Labute approximate surface area is 100 Å². The summed E-state index contributed by atoms with van der Waals surface area (Å²) in [5.41, 5.74) is 0. The Morgan fingerprint density at radius 3 is 2.41 bits per heavy atom. The van der Waals surface area contributed by atoms with Crippen LogP contribution in [0.25, 0.3) is 0 Å². The molecule has 0 aliphatic carbocycles. The number of benzene rings is 1. The second-order valence-corrected chi connectivity index (χ2v) is 5.39. The minimum Gasteiger partial charge on any atom is -0.207 e. The lowest BCUT2D eigenvalue weighted by Gasteiger charge is -2.18. The van der Waals surface area contributed by atoms with E-state index in [-0.39, 0.29) is 18.0 Å². The van der Waals surface area contributed by atoms with Gasteiger partial charge in [-0.1, -0.05) is 6.92 Å². The van der Waals surface area contributed by atoms with E-state index in [1.807, 2.05) is 13.0 Å². The van der Waals surface area contributed by atoms with Crippen LogP contribution < -0.4 is 0 Å². The van der Waals surface area contributed by atoms with Gasteiger partial charge in [0.05, 0.1) is 11.0 Å². The fraction of sp³-hybridized carbons (Fsp3) is 0.364. The molecule has 0 aliphatic rings. The molecule has 1 aromatic rings. The van der Waals surface area contributed by atoms with Crippen LogP contribution in [0.5, 0.6) is 0 Å². The maximum absolute atomic E-state index is 12.7. The van der Waals surface area contributed by atoms with Gasteiger partial charge in [0.15, 0.2) is 0 Å². The van der Waals surface area contributed by atoms with Crippen molar-refractivity contribution in [2.45, 2.75) is 18.2 Å². The quantitative estimate of drug-likeness (QED) is 0.754. The van der Waals surface area contributed by atoms with Gasteiger partial charge in [0.1, 0.15) is 12.4 Å². The molecule has 0 saturated heterocycles. The van der Waals surface area contributed by atoms with Gasteiger partial charge < -0.3 is 0 Å². The molecule has 1 rings (SSSR count). The van der Waals surface area contributed by atoms with Gasteiger partial charge in [-0.3, -0.25) is 0 Å². The minimum atomic E-state index is -3.70. The van der Waals surface area contributed by atoms with Gasteiger partial charge in [0.25, 0.3) is 0 Å². The fourth-order valence-electron chi connectivity index (χ4n) is 1.37. The molecule has 0 aliphatic heterocycles. The molecule has 0 amide bonds. The van der Waals surface area contributed by atoms with Crippen molar-refractivity contribution in [3.05, 3.63) is 30.1 Å². The van der Waals surface area contributed by atoms with Crippen LogP contribution in [-0.2, 0) is 10.0 Å². The maximum atomic E-state index is 12.7. The average Bonchev–Trinajstić information content (AvgIpc) is 2.29. The largest absolute Gasteiger partial charge is 0.244 e. The third-order valence-electron chi connectivity index (χ3n) is 2.17. The van der Waals surface area contributed by atoms with Crippen LogP contribution in [0.15, 0.2) is 29.2 Å². The first-order chi connectivity index (χ1) is 8.02. The van der Waals surface area contributed by atoms with Crippen LogP contribution in [0.1, 0.15) is 13.3 Å². The van der Waals surface area contributed by atoms with Crippen molar-refractivity contribution in [1.29, 1.82) is 5.26 Å². The molecule has 0 bridgehead atoms. The van der Waals surface area contributed by atoms with E-state index in [4.69, 9.17) is 5.26 Å². The molecule has 0 fully saturated rings. The summed E-state index contributed by atoms with van der Waals surface area (Å²) in [6, 6.07) is 6.38. The highest BCUT2D eigenvalue weighted by atomic mass is 32.2. The summed E-state index contributed by atoms with van der Waals surface area (Å²) in [5.74, 6) is -0.494. The van der Waals surface area contributed by atoms with Crippen molar-refractivity contribution >= 4 is 10.0 Å². The zero-order valence-electron chi connectivity index (χ0n) is 9.43. The van der Waals surface area contributed by atoms with E-state index in [9.17, 15) is 12.8 Å². The van der Waals surface area contributed by atoms with Gasteiger partial charge in [-0.05, 0) is 30.7 Å². The standard InChI is InChI=1S/C11H13FN2O2S/c1-2-8-14(9-7-13)17(15,16)11-5-3-10(12)4-6-11/h3-6H,2,8-9H2,1H3. The molecule has 0 radical (unpaired) electrons. The molecular formula is C11H13FN2O2S. The van der Waals surface area contributed by atoms with Crippen molar-refractivity contribution < 1.29 is 12.8 Å². The molecule has 6 heteroatoms. The number of nitriles is 1. The molecule has 0 unspecified atom stereocenters. The number of sulfonamides is 1. The fourth-order valence-corrected chi connectivity index (χ4v) is 2.80. The average molecular weight is 256 g/mol. The summed E-state index contributed by atoms with van der Waals surface area (Å²) < 4.78 is 37.9. The molecule has 4 nitrogen and oxygen atoms in total. The monoisotopic (exact) mass is 256 g/mol. The molecule has 0 atom stereocenters. The number of rotatable bonds is 5. The van der Waals surface area contributed by atoms with Crippen molar-refractivity contribution in [3.63, 3.8) is 0 Å². The van der Waals surface area contributed by atoms with E-state index in [0.29, 0.717) is 6.42 Å². The SMILES string of the molecule is CCCN(CC#N)S(=O)(=O)c1ccc(F)cc1. The Morgan fingerprint density at radius 2 is 1.94 bits per heavy atom. The molecule has 17 heavy (non-hydrogen) atoms. The molecule has 1 aromatic carbocycles. The second-order valence-electron chi connectivity index (χ2n) is 3.45. The van der Waals surface area contributed by atoms with Gasteiger partial charge in [0, 0.05) is 6.54 Å². The number of hydrogen-bond donors (Lipinski definition) is 0. The predicted molar refractivity (Wildman–Crippen MR) is 61.1 cm³/mol. The third-order valence-corrected chi connectivity index (χ3v) is 4.03. The number of halogens is 1. The van der Waals surface area contributed by atoms with Crippen molar-refractivity contribution in [3.8, 4) is 6.07 Å². The summed E-state index contributed by atoms with van der Waals surface area (Å²) in [4.78, 5) is 0.00241. The third kappa shape index (κ3) is 3.25. The molecule has 92 valence electrons. The van der Waals surface area contributed by atoms with Crippen LogP contribution in [-0.4, -0.2) is 25.8 Å². The zero-order chi connectivity index (χ0) is 12.9. The van der Waals surface area contributed by atoms with E-state index in [1.165, 1.54) is 12.1 Å². The van der Waals surface area contributed by atoms with Gasteiger partial charge in [-0.15, -0.1) is 0 Å². The summed E-state index contributed by atoms with van der Waals surface area (Å²) in [7, 11) is -3.70. The highest BCUT2D eigenvalue weighted by Crippen LogP contribution is 2.16. The predicted octanol–water partition coefficient (Wildman–Crippen LogP) is 1.75. The summed E-state index contributed by atoms with van der Waals surface area (Å²) in [5, 5.41) is 8.60. The molecule has 0 aromatic heterocycles. The molecular weight excluding hydrogens is 243 g/mol. The Morgan fingerprint density at radius 1 is 1.35 bits per heavy atom. The van der Waals surface area contributed by atoms with E-state index in [2.05, 4.69) is 0 Å².